The van der Waals surface area contributed by atoms with E-state index in [4.69, 9.17) is 0 Å². The molecule has 2 aliphatic heterocycles. The van der Waals surface area contributed by atoms with Crippen molar-refractivity contribution in [3.05, 3.63) is 53.5 Å². The molecule has 1 unspecified atom stereocenters. The Morgan fingerprint density at radius 3 is 2.83 bits per heavy atom. The number of benzene rings is 1. The molecule has 2 atom stereocenters. The highest BCUT2D eigenvalue weighted by molar-refractivity contribution is 8.01. The van der Waals surface area contributed by atoms with Crippen molar-refractivity contribution in [2.75, 3.05) is 11.5 Å². The fourth-order valence-electron chi connectivity index (χ4n) is 3.18. The Bertz CT molecular complexity index is 982. The molecule has 0 radical (unpaired) electrons. The van der Waals surface area contributed by atoms with Crippen molar-refractivity contribution < 1.29 is 19.5 Å². The number of urea groups is 1. The number of carboxylic acid groups (broad SMARTS) is 1. The van der Waals surface area contributed by atoms with E-state index in [9.17, 15) is 19.5 Å². The molecule has 1 fully saturated rings. The molecule has 30 heavy (non-hydrogen) atoms. The number of rotatable bonds is 7. The molecular weight excluding hydrogens is 428 g/mol. The molecule has 12 heteroatoms. The molecule has 0 bridgehead atoms. The molecule has 4 N–H and O–H groups in total. The van der Waals surface area contributed by atoms with Crippen LogP contribution in [0.25, 0.3) is 0 Å². The Balaban J connectivity index is 1.38. The highest BCUT2D eigenvalue weighted by Gasteiger charge is 2.54. The summed E-state index contributed by atoms with van der Waals surface area (Å²) in [6, 6.07) is 8.18. The fraction of sp³-hybridized carbons (Fsp3) is 0.278. The maximum Gasteiger partial charge on any atom is 0.352 e. The number of nitrogens with one attached hydrogen (secondary N) is 3. The van der Waals surface area contributed by atoms with Gasteiger partial charge in [-0.05, 0) is 11.1 Å². The SMILES string of the molecule is O=C(NCc1ccccc1)NC1C(=O)N2C(C(=O)O)=C(CSc3ncn[nH]3)CS[C@@H]12. The van der Waals surface area contributed by atoms with Gasteiger partial charge in [0.25, 0.3) is 5.91 Å². The first-order valence-electron chi connectivity index (χ1n) is 9.01. The number of β-lactam (4-membered cyclic amide) rings is 1. The molecule has 0 aliphatic carbocycles. The summed E-state index contributed by atoms with van der Waals surface area (Å²) in [4.78, 5) is 41.9. The first-order chi connectivity index (χ1) is 14.5. The summed E-state index contributed by atoms with van der Waals surface area (Å²) in [6.07, 6.45) is 1.37. The van der Waals surface area contributed by atoms with Crippen LogP contribution in [-0.2, 0) is 16.1 Å². The zero-order chi connectivity index (χ0) is 21.1. The van der Waals surface area contributed by atoms with Crippen LogP contribution in [0.2, 0.25) is 0 Å². The average Bonchev–Trinajstić information content (AvgIpc) is 3.28. The van der Waals surface area contributed by atoms with Gasteiger partial charge in [0, 0.05) is 18.1 Å². The number of carbonyl (C=O) groups excluding carboxylic acids is 2. The number of amides is 3. The minimum Gasteiger partial charge on any atom is -0.477 e. The third-order valence-electron chi connectivity index (χ3n) is 4.61. The van der Waals surface area contributed by atoms with Gasteiger partial charge in [-0.25, -0.2) is 14.6 Å². The van der Waals surface area contributed by atoms with E-state index in [0.717, 1.165) is 5.56 Å². The molecule has 4 rings (SSSR count). The van der Waals surface area contributed by atoms with Crippen LogP contribution in [0.3, 0.4) is 0 Å². The quantitative estimate of drug-likeness (QED) is 0.365. The summed E-state index contributed by atoms with van der Waals surface area (Å²) in [6.45, 7) is 0.332. The molecule has 1 saturated heterocycles. The van der Waals surface area contributed by atoms with E-state index in [-0.39, 0.29) is 5.70 Å². The van der Waals surface area contributed by atoms with Gasteiger partial charge in [-0.15, -0.1) is 11.8 Å². The van der Waals surface area contributed by atoms with Crippen molar-refractivity contribution in [3.8, 4) is 0 Å². The summed E-state index contributed by atoms with van der Waals surface area (Å²) >= 11 is 2.75. The zero-order valence-corrected chi connectivity index (χ0v) is 17.2. The van der Waals surface area contributed by atoms with Crippen molar-refractivity contribution in [1.29, 1.82) is 0 Å². The summed E-state index contributed by atoms with van der Waals surface area (Å²) in [5, 5.41) is 21.6. The second-order valence-corrected chi connectivity index (χ2v) is 8.61. The van der Waals surface area contributed by atoms with Crippen molar-refractivity contribution in [2.45, 2.75) is 23.1 Å². The van der Waals surface area contributed by atoms with Crippen molar-refractivity contribution in [1.82, 2.24) is 30.7 Å². The third kappa shape index (κ3) is 4.14. The molecule has 2 aliphatic rings. The van der Waals surface area contributed by atoms with Gasteiger partial charge in [0.2, 0.25) is 0 Å². The van der Waals surface area contributed by atoms with E-state index in [2.05, 4.69) is 25.8 Å². The van der Waals surface area contributed by atoms with Crippen LogP contribution in [-0.4, -0.2) is 66.0 Å². The number of hydrogen-bond donors (Lipinski definition) is 4. The summed E-state index contributed by atoms with van der Waals surface area (Å²) < 4.78 is 0. The van der Waals surface area contributed by atoms with Gasteiger partial charge in [0.15, 0.2) is 5.16 Å². The minimum absolute atomic E-state index is 0.0153. The number of hydrogen-bond acceptors (Lipinski definition) is 7. The van der Waals surface area contributed by atoms with E-state index in [1.165, 1.54) is 34.8 Å². The Labute approximate surface area is 179 Å². The number of carboxylic acids is 1. The number of aromatic amines is 1. The van der Waals surface area contributed by atoms with Crippen LogP contribution in [0.4, 0.5) is 4.79 Å². The van der Waals surface area contributed by atoms with Crippen LogP contribution in [0.15, 0.2) is 53.1 Å². The number of aromatic nitrogens is 3. The minimum atomic E-state index is -1.16. The van der Waals surface area contributed by atoms with Crippen LogP contribution in [0.5, 0.6) is 0 Å². The Kier molecular flexibility index (Phi) is 5.95. The molecule has 156 valence electrons. The molecule has 1 aromatic heterocycles. The predicted octanol–water partition coefficient (Wildman–Crippen LogP) is 1.02. The molecule has 2 aromatic rings. The average molecular weight is 447 g/mol. The Morgan fingerprint density at radius 1 is 1.33 bits per heavy atom. The molecule has 3 heterocycles. The van der Waals surface area contributed by atoms with Crippen LogP contribution in [0, 0.1) is 0 Å². The van der Waals surface area contributed by atoms with E-state index in [0.29, 0.717) is 28.8 Å². The van der Waals surface area contributed by atoms with Crippen molar-refractivity contribution >= 4 is 41.4 Å². The summed E-state index contributed by atoms with van der Waals surface area (Å²) in [5.41, 5.74) is 1.55. The van der Waals surface area contributed by atoms with Gasteiger partial charge in [0.1, 0.15) is 23.4 Å². The normalized spacial score (nSPS) is 20.4. The molecule has 0 saturated carbocycles. The largest absolute Gasteiger partial charge is 0.477 e. The van der Waals surface area contributed by atoms with Gasteiger partial charge >= 0.3 is 12.0 Å². The number of H-pyrrole nitrogens is 1. The first-order valence-corrected chi connectivity index (χ1v) is 11.0. The number of thioether (sulfide) groups is 2. The maximum atomic E-state index is 12.6. The number of aliphatic carboxylic acids is 1. The second-order valence-electron chi connectivity index (χ2n) is 6.54. The lowest BCUT2D eigenvalue weighted by molar-refractivity contribution is -0.148. The lowest BCUT2D eigenvalue weighted by atomic mass is 10.0. The number of nitrogens with zero attached hydrogens (tertiary/aromatic N) is 3. The smallest absolute Gasteiger partial charge is 0.352 e. The lowest BCUT2D eigenvalue weighted by Crippen LogP contribution is -2.71. The molecule has 10 nitrogen and oxygen atoms in total. The standard InChI is InChI=1S/C18H18N6O4S2/c25-14-12(22-17(28)19-6-10-4-2-1-3-5-10)15-24(14)13(16(26)27)11(7-29-15)8-30-18-20-9-21-23-18/h1-5,9,12,15H,6-8H2,(H,26,27)(H2,19,22,28)(H,20,21,23)/t12?,15-/m0/s1. The van der Waals surface area contributed by atoms with Gasteiger partial charge in [0.05, 0.1) is 0 Å². The number of carbonyl (C=O) groups is 3. The van der Waals surface area contributed by atoms with Crippen molar-refractivity contribution in [3.63, 3.8) is 0 Å². The molecular formula is C18H18N6O4S2. The lowest BCUT2D eigenvalue weighted by Gasteiger charge is -2.49. The fourth-order valence-corrected chi connectivity index (χ4v) is 5.45. The molecule has 1 aromatic carbocycles. The monoisotopic (exact) mass is 446 g/mol. The highest BCUT2D eigenvalue weighted by Crippen LogP contribution is 2.41. The summed E-state index contributed by atoms with van der Waals surface area (Å²) in [7, 11) is 0. The first kappa shape index (κ1) is 20.3. The number of fused-ring (bicyclic) bond motifs is 1. The highest BCUT2D eigenvalue weighted by atomic mass is 32.2. The van der Waals surface area contributed by atoms with Gasteiger partial charge in [-0.1, -0.05) is 42.1 Å². The predicted molar refractivity (Wildman–Crippen MR) is 110 cm³/mol. The van der Waals surface area contributed by atoms with E-state index < -0.39 is 29.3 Å². The van der Waals surface area contributed by atoms with E-state index in [1.807, 2.05) is 30.3 Å². The third-order valence-corrected chi connectivity index (χ3v) is 6.91. The van der Waals surface area contributed by atoms with E-state index in [1.54, 1.807) is 0 Å². The summed E-state index contributed by atoms with van der Waals surface area (Å²) in [5.74, 6) is -0.771. The van der Waals surface area contributed by atoms with Gasteiger partial charge in [-0.2, -0.15) is 5.10 Å². The topological polar surface area (TPSA) is 140 Å². The maximum absolute atomic E-state index is 12.6. The van der Waals surface area contributed by atoms with Crippen molar-refractivity contribution in [2.24, 2.45) is 0 Å². The van der Waals surface area contributed by atoms with Crippen LogP contribution >= 0.6 is 23.5 Å². The molecule has 3 amide bonds. The Hall–Kier alpha value is -2.99. The van der Waals surface area contributed by atoms with E-state index >= 15 is 0 Å². The van der Waals surface area contributed by atoms with Crippen LogP contribution in [0.1, 0.15) is 5.56 Å². The second kappa shape index (κ2) is 8.79. The van der Waals surface area contributed by atoms with Crippen LogP contribution < -0.4 is 10.6 Å². The van der Waals surface area contributed by atoms with Gasteiger partial charge in [-0.3, -0.25) is 14.8 Å². The Morgan fingerprint density at radius 2 is 2.13 bits per heavy atom. The van der Waals surface area contributed by atoms with Gasteiger partial charge < -0.3 is 15.7 Å². The molecule has 0 spiro atoms. The zero-order valence-electron chi connectivity index (χ0n) is 15.6.